The fourth-order valence-electron chi connectivity index (χ4n) is 2.71. The summed E-state index contributed by atoms with van der Waals surface area (Å²) in [5, 5.41) is 11.1. The van der Waals surface area contributed by atoms with Crippen LogP contribution in [0.2, 0.25) is 0 Å². The van der Waals surface area contributed by atoms with Gasteiger partial charge in [0.05, 0.1) is 0 Å². The average molecular weight is 240 g/mol. The van der Waals surface area contributed by atoms with E-state index in [0.717, 1.165) is 23.3 Å². The third kappa shape index (κ3) is 1.46. The summed E-state index contributed by atoms with van der Waals surface area (Å²) in [6, 6.07) is 17.5. The van der Waals surface area contributed by atoms with Crippen LogP contribution in [0.1, 0.15) is 24.5 Å². The van der Waals surface area contributed by atoms with Crippen LogP contribution in [0.15, 0.2) is 54.6 Å². The average Bonchev–Trinajstić information content (AvgIpc) is 2.74. The van der Waals surface area contributed by atoms with Gasteiger partial charge in [0.25, 0.3) is 0 Å². The fourth-order valence-corrected chi connectivity index (χ4v) is 2.71. The van der Waals surface area contributed by atoms with E-state index in [-0.39, 0.29) is 6.10 Å². The lowest BCUT2D eigenvalue weighted by Crippen LogP contribution is -2.38. The van der Waals surface area contributed by atoms with Gasteiger partial charge in [0.2, 0.25) is 0 Å². The van der Waals surface area contributed by atoms with Crippen molar-refractivity contribution in [3.63, 3.8) is 0 Å². The normalized spacial score (nSPS) is 25.6. The molecule has 0 aromatic heterocycles. The van der Waals surface area contributed by atoms with E-state index in [9.17, 15) is 5.11 Å². The molecule has 3 rings (SSSR count). The lowest BCUT2D eigenvalue weighted by molar-refractivity contribution is -0.00738. The summed E-state index contributed by atoms with van der Waals surface area (Å²) in [5.74, 6) is 0.788. The number of aliphatic hydroxyl groups is 1. The monoisotopic (exact) mass is 240 g/mol. The van der Waals surface area contributed by atoms with Gasteiger partial charge < -0.3 is 9.84 Å². The highest BCUT2D eigenvalue weighted by atomic mass is 16.5. The van der Waals surface area contributed by atoms with Crippen LogP contribution in [0.25, 0.3) is 0 Å². The molecular weight excluding hydrogens is 224 g/mol. The Labute approximate surface area is 107 Å². The number of hydrogen-bond donors (Lipinski definition) is 1. The van der Waals surface area contributed by atoms with E-state index in [1.165, 1.54) is 0 Å². The molecule has 0 spiro atoms. The molecule has 0 bridgehead atoms. The van der Waals surface area contributed by atoms with Gasteiger partial charge in [0.1, 0.15) is 11.9 Å². The van der Waals surface area contributed by atoms with Crippen molar-refractivity contribution in [2.75, 3.05) is 0 Å². The molecule has 2 aromatic rings. The lowest BCUT2D eigenvalue weighted by Gasteiger charge is -2.28. The largest absolute Gasteiger partial charge is 0.486 e. The Hall–Kier alpha value is -1.80. The zero-order valence-electron chi connectivity index (χ0n) is 10.3. The van der Waals surface area contributed by atoms with Crippen molar-refractivity contribution in [1.82, 2.24) is 0 Å². The van der Waals surface area contributed by atoms with Gasteiger partial charge >= 0.3 is 0 Å². The van der Waals surface area contributed by atoms with E-state index in [1.54, 1.807) is 0 Å². The van der Waals surface area contributed by atoms with E-state index in [0.29, 0.717) is 0 Å². The van der Waals surface area contributed by atoms with Gasteiger partial charge in [-0.1, -0.05) is 55.5 Å². The third-order valence-electron chi connectivity index (χ3n) is 3.62. The van der Waals surface area contributed by atoms with Crippen LogP contribution in [0.3, 0.4) is 0 Å². The van der Waals surface area contributed by atoms with Crippen molar-refractivity contribution in [2.45, 2.75) is 25.0 Å². The highest BCUT2D eigenvalue weighted by Gasteiger charge is 2.47. The second kappa shape index (κ2) is 4.14. The van der Waals surface area contributed by atoms with Crippen LogP contribution in [-0.2, 0) is 5.60 Å². The molecule has 1 heterocycles. The van der Waals surface area contributed by atoms with Gasteiger partial charge in [0.15, 0.2) is 5.60 Å². The van der Waals surface area contributed by atoms with E-state index >= 15 is 0 Å². The van der Waals surface area contributed by atoms with Crippen LogP contribution in [-0.4, -0.2) is 11.2 Å². The molecular formula is C16H16O2. The zero-order chi connectivity index (χ0) is 12.6. The first-order valence-corrected chi connectivity index (χ1v) is 6.31. The Morgan fingerprint density at radius 1 is 1.06 bits per heavy atom. The number of ether oxygens (including phenoxy) is 1. The van der Waals surface area contributed by atoms with Gasteiger partial charge in [-0.2, -0.15) is 0 Å². The van der Waals surface area contributed by atoms with Crippen LogP contribution in [0.4, 0.5) is 0 Å². The Morgan fingerprint density at radius 3 is 2.44 bits per heavy atom. The first-order valence-electron chi connectivity index (χ1n) is 6.31. The van der Waals surface area contributed by atoms with Gasteiger partial charge in [-0.05, 0) is 18.1 Å². The summed E-state index contributed by atoms with van der Waals surface area (Å²) >= 11 is 0. The number of para-hydroxylation sites is 1. The van der Waals surface area contributed by atoms with Crippen LogP contribution in [0.5, 0.6) is 5.75 Å². The molecule has 2 aromatic carbocycles. The summed E-state index contributed by atoms with van der Waals surface area (Å²) in [6.07, 6.45) is 0.539. The first-order chi connectivity index (χ1) is 8.76. The molecule has 0 saturated carbocycles. The quantitative estimate of drug-likeness (QED) is 0.874. The van der Waals surface area contributed by atoms with Crippen molar-refractivity contribution >= 4 is 0 Å². The molecule has 1 aliphatic heterocycles. The molecule has 0 amide bonds. The van der Waals surface area contributed by atoms with E-state index in [1.807, 2.05) is 61.5 Å². The van der Waals surface area contributed by atoms with Gasteiger partial charge in [0, 0.05) is 5.56 Å². The molecule has 1 aliphatic rings. The molecule has 0 unspecified atom stereocenters. The van der Waals surface area contributed by atoms with Crippen molar-refractivity contribution < 1.29 is 9.84 Å². The Morgan fingerprint density at radius 2 is 1.72 bits per heavy atom. The molecule has 2 nitrogen and oxygen atoms in total. The Balaban J connectivity index is 2.19. The minimum absolute atomic E-state index is 0.225. The topological polar surface area (TPSA) is 29.5 Å². The third-order valence-corrected chi connectivity index (χ3v) is 3.62. The zero-order valence-corrected chi connectivity index (χ0v) is 10.3. The standard InChI is InChI=1S/C16H16O2/c1-2-15-16(17,12-8-4-3-5-9-12)13-10-6-7-11-14(13)18-15/h3-11,15,17H,2H2,1H3/t15-,16+/m0/s1. The minimum atomic E-state index is -1.04. The SMILES string of the molecule is CC[C@@H]1Oc2ccccc2[C@]1(O)c1ccccc1. The predicted octanol–water partition coefficient (Wildman–Crippen LogP) is 3.09. The summed E-state index contributed by atoms with van der Waals surface area (Å²) in [6.45, 7) is 2.03. The van der Waals surface area contributed by atoms with Gasteiger partial charge in [-0.15, -0.1) is 0 Å². The van der Waals surface area contributed by atoms with Crippen molar-refractivity contribution in [3.05, 3.63) is 65.7 Å². The summed E-state index contributed by atoms with van der Waals surface area (Å²) in [4.78, 5) is 0. The van der Waals surface area contributed by atoms with Crippen molar-refractivity contribution in [3.8, 4) is 5.75 Å². The molecule has 0 fully saturated rings. The van der Waals surface area contributed by atoms with E-state index < -0.39 is 5.60 Å². The van der Waals surface area contributed by atoms with Gasteiger partial charge in [-0.25, -0.2) is 0 Å². The van der Waals surface area contributed by atoms with E-state index in [2.05, 4.69) is 0 Å². The molecule has 18 heavy (non-hydrogen) atoms. The summed E-state index contributed by atoms with van der Waals surface area (Å²) < 4.78 is 5.88. The molecule has 0 radical (unpaired) electrons. The number of benzene rings is 2. The highest BCUT2D eigenvalue weighted by Crippen LogP contribution is 2.46. The van der Waals surface area contributed by atoms with Crippen LogP contribution >= 0.6 is 0 Å². The predicted molar refractivity (Wildman–Crippen MR) is 70.6 cm³/mol. The molecule has 0 saturated heterocycles. The number of hydrogen-bond acceptors (Lipinski definition) is 2. The minimum Gasteiger partial charge on any atom is -0.486 e. The van der Waals surface area contributed by atoms with Gasteiger partial charge in [-0.3, -0.25) is 0 Å². The fraction of sp³-hybridized carbons (Fsp3) is 0.250. The van der Waals surface area contributed by atoms with Crippen molar-refractivity contribution in [2.24, 2.45) is 0 Å². The summed E-state index contributed by atoms with van der Waals surface area (Å²) in [7, 11) is 0. The van der Waals surface area contributed by atoms with Crippen LogP contribution in [0, 0.1) is 0 Å². The second-order valence-corrected chi connectivity index (χ2v) is 4.64. The first kappa shape index (κ1) is 11.3. The second-order valence-electron chi connectivity index (χ2n) is 4.64. The molecule has 1 N–H and O–H groups in total. The number of fused-ring (bicyclic) bond motifs is 1. The smallest absolute Gasteiger partial charge is 0.155 e. The Bertz CT molecular complexity index is 550. The molecule has 2 heteroatoms. The lowest BCUT2D eigenvalue weighted by atomic mass is 9.82. The van der Waals surface area contributed by atoms with E-state index in [4.69, 9.17) is 4.74 Å². The maximum Gasteiger partial charge on any atom is 0.155 e. The molecule has 92 valence electrons. The summed E-state index contributed by atoms with van der Waals surface area (Å²) in [5.41, 5.74) is 0.719. The Kier molecular flexibility index (Phi) is 2.60. The molecule has 2 atom stereocenters. The molecule has 0 aliphatic carbocycles. The number of rotatable bonds is 2. The maximum absolute atomic E-state index is 11.1. The highest BCUT2D eigenvalue weighted by molar-refractivity contribution is 5.49. The maximum atomic E-state index is 11.1. The van der Waals surface area contributed by atoms with Crippen LogP contribution < -0.4 is 4.74 Å². The van der Waals surface area contributed by atoms with Crippen molar-refractivity contribution in [1.29, 1.82) is 0 Å².